The van der Waals surface area contributed by atoms with Gasteiger partial charge in [0.05, 0.1) is 18.7 Å². The van der Waals surface area contributed by atoms with Gasteiger partial charge in [0.25, 0.3) is 0 Å². The van der Waals surface area contributed by atoms with E-state index in [1.807, 2.05) is 24.3 Å². The predicted molar refractivity (Wildman–Crippen MR) is 111 cm³/mol. The lowest BCUT2D eigenvalue weighted by molar-refractivity contribution is -0.137. The first-order valence-electron chi connectivity index (χ1n) is 9.34. The minimum atomic E-state index is -4.52. The molecule has 1 heterocycles. The lowest BCUT2D eigenvalue weighted by Gasteiger charge is -2.15. The van der Waals surface area contributed by atoms with Gasteiger partial charge in [0.2, 0.25) is 5.91 Å². The Hall–Kier alpha value is -2.98. The highest BCUT2D eigenvalue weighted by atomic mass is 32.1. The quantitative estimate of drug-likeness (QED) is 0.565. The third kappa shape index (κ3) is 5.80. The number of amides is 1. The number of aromatic nitrogens is 2. The number of nitrogens with zero attached hydrogens (tertiary/aromatic N) is 2. The number of carbonyl (C=O) groups excluding carboxylic acids is 1. The average Bonchev–Trinajstić information content (AvgIpc) is 3.23. The van der Waals surface area contributed by atoms with E-state index < -0.39 is 17.8 Å². The molecule has 2 aromatic carbocycles. The number of rotatable bonds is 7. The summed E-state index contributed by atoms with van der Waals surface area (Å²) in [7, 11) is 1.30. The monoisotopic (exact) mass is 450 g/mol. The van der Waals surface area contributed by atoms with Gasteiger partial charge in [0, 0.05) is 19.0 Å². The van der Waals surface area contributed by atoms with E-state index in [-0.39, 0.29) is 17.2 Å². The Balaban J connectivity index is 1.92. The van der Waals surface area contributed by atoms with Crippen molar-refractivity contribution in [1.82, 2.24) is 15.5 Å². The molecule has 3 aromatic rings. The van der Waals surface area contributed by atoms with Crippen molar-refractivity contribution < 1.29 is 22.7 Å². The van der Waals surface area contributed by atoms with Crippen molar-refractivity contribution >= 4 is 17.2 Å². The summed E-state index contributed by atoms with van der Waals surface area (Å²) >= 11 is 1.12. The summed E-state index contributed by atoms with van der Waals surface area (Å²) in [5.41, 5.74) is 6.96. The van der Waals surface area contributed by atoms with Gasteiger partial charge in [-0.1, -0.05) is 35.6 Å². The SMILES string of the molecule is COc1cc(-c2nnc(C(Cc3ccc(CN)cc3)NC(C)=O)s2)cc(C(F)(F)F)c1. The van der Waals surface area contributed by atoms with Crippen molar-refractivity contribution in [1.29, 1.82) is 0 Å². The van der Waals surface area contributed by atoms with Gasteiger partial charge in [-0.15, -0.1) is 10.2 Å². The van der Waals surface area contributed by atoms with Crippen molar-refractivity contribution in [2.24, 2.45) is 5.73 Å². The maximum absolute atomic E-state index is 13.2. The van der Waals surface area contributed by atoms with Crippen LogP contribution in [0.3, 0.4) is 0 Å². The molecule has 0 aliphatic heterocycles. The zero-order valence-corrected chi connectivity index (χ0v) is 17.7. The van der Waals surface area contributed by atoms with Gasteiger partial charge < -0.3 is 15.8 Å². The first kappa shape index (κ1) is 22.7. The molecule has 0 aliphatic carbocycles. The summed E-state index contributed by atoms with van der Waals surface area (Å²) in [4.78, 5) is 11.7. The lowest BCUT2D eigenvalue weighted by atomic mass is 10.0. The topological polar surface area (TPSA) is 90.1 Å². The molecule has 6 nitrogen and oxygen atoms in total. The minimum absolute atomic E-state index is 0.0694. The summed E-state index contributed by atoms with van der Waals surface area (Å²) in [5.74, 6) is -0.180. The molecule has 31 heavy (non-hydrogen) atoms. The Morgan fingerprint density at radius 2 is 1.84 bits per heavy atom. The van der Waals surface area contributed by atoms with Crippen LogP contribution in [0.4, 0.5) is 13.2 Å². The van der Waals surface area contributed by atoms with Crippen molar-refractivity contribution in [3.8, 4) is 16.3 Å². The number of hydrogen-bond donors (Lipinski definition) is 2. The van der Waals surface area contributed by atoms with Crippen LogP contribution in [0.5, 0.6) is 5.75 Å². The van der Waals surface area contributed by atoms with Crippen molar-refractivity contribution in [3.05, 3.63) is 64.2 Å². The Kier molecular flexibility index (Phi) is 6.91. The van der Waals surface area contributed by atoms with E-state index in [0.717, 1.165) is 34.6 Å². The molecule has 1 amide bonds. The number of benzene rings is 2. The van der Waals surface area contributed by atoms with Crippen LogP contribution in [0, 0.1) is 0 Å². The van der Waals surface area contributed by atoms with Gasteiger partial charge >= 0.3 is 6.18 Å². The minimum Gasteiger partial charge on any atom is -0.497 e. The zero-order valence-electron chi connectivity index (χ0n) is 16.9. The third-order valence-electron chi connectivity index (χ3n) is 4.53. The van der Waals surface area contributed by atoms with Crippen LogP contribution < -0.4 is 15.8 Å². The van der Waals surface area contributed by atoms with E-state index >= 15 is 0 Å². The fourth-order valence-electron chi connectivity index (χ4n) is 2.99. The van der Waals surface area contributed by atoms with Crippen molar-refractivity contribution in [2.75, 3.05) is 7.11 Å². The second kappa shape index (κ2) is 9.44. The molecule has 164 valence electrons. The summed E-state index contributed by atoms with van der Waals surface area (Å²) in [5, 5.41) is 11.8. The van der Waals surface area contributed by atoms with Crippen LogP contribution in [0.2, 0.25) is 0 Å². The predicted octanol–water partition coefficient (Wildman–Crippen LogP) is 4.11. The van der Waals surface area contributed by atoms with Gasteiger partial charge in [-0.05, 0) is 35.7 Å². The summed E-state index contributed by atoms with van der Waals surface area (Å²) in [6, 6.07) is 10.6. The molecule has 0 spiro atoms. The fraction of sp³-hybridized carbons (Fsp3) is 0.286. The van der Waals surface area contributed by atoms with Crippen LogP contribution in [-0.2, 0) is 23.9 Å². The van der Waals surface area contributed by atoms with Gasteiger partial charge in [0.15, 0.2) is 0 Å². The number of nitrogens with one attached hydrogen (secondary N) is 1. The number of alkyl halides is 3. The van der Waals surface area contributed by atoms with Gasteiger partial charge in [-0.25, -0.2) is 0 Å². The van der Waals surface area contributed by atoms with E-state index in [9.17, 15) is 18.0 Å². The number of hydrogen-bond acceptors (Lipinski definition) is 6. The maximum Gasteiger partial charge on any atom is 0.416 e. The van der Waals surface area contributed by atoms with E-state index in [2.05, 4.69) is 15.5 Å². The van der Waals surface area contributed by atoms with Crippen LogP contribution >= 0.6 is 11.3 Å². The molecule has 0 aliphatic rings. The second-order valence-corrected chi connectivity index (χ2v) is 7.88. The van der Waals surface area contributed by atoms with Crippen molar-refractivity contribution in [2.45, 2.75) is 32.1 Å². The Bertz CT molecular complexity index is 1050. The summed E-state index contributed by atoms with van der Waals surface area (Å²) in [6.07, 6.45) is -4.07. The maximum atomic E-state index is 13.2. The van der Waals surface area contributed by atoms with Gasteiger partial charge in [-0.2, -0.15) is 13.2 Å². The first-order chi connectivity index (χ1) is 14.7. The van der Waals surface area contributed by atoms with E-state index in [4.69, 9.17) is 10.5 Å². The van der Waals surface area contributed by atoms with Crippen LogP contribution in [-0.4, -0.2) is 23.2 Å². The lowest BCUT2D eigenvalue weighted by Crippen LogP contribution is -2.27. The standard InChI is InChI=1S/C21H21F3N4O2S/c1-12(29)26-18(7-13-3-5-14(11-25)6-4-13)20-28-27-19(31-20)15-8-16(21(22,23)24)10-17(9-15)30-2/h3-6,8-10,18H,7,11,25H2,1-2H3,(H,26,29). The molecule has 0 fully saturated rings. The van der Waals surface area contributed by atoms with Gasteiger partial charge in [0.1, 0.15) is 15.8 Å². The smallest absolute Gasteiger partial charge is 0.416 e. The number of halogens is 3. The Morgan fingerprint density at radius 3 is 2.42 bits per heavy atom. The highest BCUT2D eigenvalue weighted by molar-refractivity contribution is 7.14. The zero-order chi connectivity index (χ0) is 22.6. The van der Waals surface area contributed by atoms with Crippen LogP contribution in [0.25, 0.3) is 10.6 Å². The Labute approximate surface area is 181 Å². The molecule has 3 rings (SSSR count). The molecular weight excluding hydrogens is 429 g/mol. The number of nitrogens with two attached hydrogens (primary N) is 1. The van der Waals surface area contributed by atoms with E-state index in [1.165, 1.54) is 20.1 Å². The number of methoxy groups -OCH3 is 1. The number of ether oxygens (including phenoxy) is 1. The van der Waals surface area contributed by atoms with Gasteiger partial charge in [-0.3, -0.25) is 4.79 Å². The van der Waals surface area contributed by atoms with Crippen molar-refractivity contribution in [3.63, 3.8) is 0 Å². The molecule has 0 bridgehead atoms. The molecule has 10 heteroatoms. The molecule has 0 saturated heterocycles. The summed E-state index contributed by atoms with van der Waals surface area (Å²) in [6.45, 7) is 1.82. The second-order valence-electron chi connectivity index (χ2n) is 6.87. The molecule has 1 atom stereocenters. The third-order valence-corrected chi connectivity index (χ3v) is 5.62. The first-order valence-corrected chi connectivity index (χ1v) is 10.2. The molecule has 0 saturated carbocycles. The normalized spacial score (nSPS) is 12.5. The molecule has 1 aromatic heterocycles. The average molecular weight is 450 g/mol. The largest absolute Gasteiger partial charge is 0.497 e. The Morgan fingerprint density at radius 1 is 1.16 bits per heavy atom. The van der Waals surface area contributed by atoms with Crippen LogP contribution in [0.15, 0.2) is 42.5 Å². The fourth-order valence-corrected chi connectivity index (χ4v) is 3.87. The molecule has 0 radical (unpaired) electrons. The summed E-state index contributed by atoms with van der Waals surface area (Å²) < 4.78 is 44.7. The number of carbonyl (C=O) groups is 1. The highest BCUT2D eigenvalue weighted by Gasteiger charge is 2.32. The highest BCUT2D eigenvalue weighted by Crippen LogP contribution is 2.37. The van der Waals surface area contributed by atoms with E-state index in [0.29, 0.717) is 23.0 Å². The molecular formula is C21H21F3N4O2S. The molecule has 3 N–H and O–H groups in total. The van der Waals surface area contributed by atoms with E-state index in [1.54, 1.807) is 0 Å². The molecule has 1 unspecified atom stereocenters. The van der Waals surface area contributed by atoms with Crippen LogP contribution in [0.1, 0.15) is 34.7 Å².